The van der Waals surface area contributed by atoms with Gasteiger partial charge in [0.2, 0.25) is 5.91 Å². The molecule has 0 aliphatic heterocycles. The number of hydrogen-bond donors (Lipinski definition) is 3. The van der Waals surface area contributed by atoms with Crippen LogP contribution in [0.25, 0.3) is 0 Å². The van der Waals surface area contributed by atoms with Crippen LogP contribution in [0, 0.1) is 5.82 Å². The molecule has 0 heterocycles. The monoisotopic (exact) mass is 327 g/mol. The molecule has 22 heavy (non-hydrogen) atoms. The lowest BCUT2D eigenvalue weighted by molar-refractivity contribution is -0.121. The number of nitrogens with one attached hydrogen (secondary N) is 3. The Morgan fingerprint density at radius 3 is 2.73 bits per heavy atom. The first-order valence-electron chi connectivity index (χ1n) is 7.34. The van der Waals surface area contributed by atoms with Gasteiger partial charge in [0.15, 0.2) is 0 Å². The average Bonchev–Trinajstić information content (AvgIpc) is 2.95. The maximum atomic E-state index is 13.4. The number of rotatable bonds is 5. The zero-order chi connectivity index (χ0) is 15.9. The summed E-state index contributed by atoms with van der Waals surface area (Å²) in [7, 11) is 0. The van der Waals surface area contributed by atoms with E-state index in [-0.39, 0.29) is 30.6 Å². The van der Waals surface area contributed by atoms with Crippen molar-refractivity contribution in [1.82, 2.24) is 10.6 Å². The van der Waals surface area contributed by atoms with E-state index in [0.717, 1.165) is 25.7 Å². The van der Waals surface area contributed by atoms with Gasteiger partial charge in [-0.2, -0.15) is 0 Å². The Morgan fingerprint density at radius 2 is 2.00 bits per heavy atom. The lowest BCUT2D eigenvalue weighted by Gasteiger charge is -2.12. The number of carbonyl (C=O) groups is 2. The van der Waals surface area contributed by atoms with Crippen LogP contribution in [0.15, 0.2) is 18.2 Å². The highest BCUT2D eigenvalue weighted by molar-refractivity contribution is 6.30. The quantitative estimate of drug-likeness (QED) is 0.778. The molecule has 0 unspecified atom stereocenters. The molecule has 1 aromatic carbocycles. The highest BCUT2D eigenvalue weighted by Gasteiger charge is 2.16. The van der Waals surface area contributed by atoms with E-state index in [0.29, 0.717) is 5.02 Å². The van der Waals surface area contributed by atoms with Gasteiger partial charge in [-0.1, -0.05) is 24.4 Å². The molecule has 2 rings (SSSR count). The van der Waals surface area contributed by atoms with Gasteiger partial charge in [0.25, 0.3) is 0 Å². The molecule has 7 heteroatoms. The Bertz CT molecular complexity index is 548. The van der Waals surface area contributed by atoms with Crippen LogP contribution in [0.1, 0.15) is 32.1 Å². The van der Waals surface area contributed by atoms with Gasteiger partial charge < -0.3 is 16.0 Å². The van der Waals surface area contributed by atoms with Gasteiger partial charge in [-0.25, -0.2) is 9.18 Å². The summed E-state index contributed by atoms with van der Waals surface area (Å²) in [6.45, 7) is 0.187. The van der Waals surface area contributed by atoms with Crippen molar-refractivity contribution >= 4 is 29.2 Å². The first-order valence-corrected chi connectivity index (χ1v) is 7.71. The van der Waals surface area contributed by atoms with Gasteiger partial charge in [-0.3, -0.25) is 4.79 Å². The van der Waals surface area contributed by atoms with Gasteiger partial charge in [0.05, 0.1) is 5.69 Å². The lowest BCUT2D eigenvalue weighted by Crippen LogP contribution is -2.36. The van der Waals surface area contributed by atoms with Gasteiger partial charge in [0, 0.05) is 24.0 Å². The third kappa shape index (κ3) is 5.18. The Balaban J connectivity index is 1.69. The molecule has 1 fully saturated rings. The summed E-state index contributed by atoms with van der Waals surface area (Å²) in [6, 6.07) is 3.58. The second-order valence-electron chi connectivity index (χ2n) is 5.30. The van der Waals surface area contributed by atoms with E-state index in [2.05, 4.69) is 16.0 Å². The summed E-state index contributed by atoms with van der Waals surface area (Å²) in [5.41, 5.74) is 0.000377. The van der Waals surface area contributed by atoms with Crippen LogP contribution in [-0.2, 0) is 4.79 Å². The van der Waals surface area contributed by atoms with E-state index in [1.165, 1.54) is 18.2 Å². The molecule has 0 bridgehead atoms. The maximum absolute atomic E-state index is 13.4. The third-order valence-corrected chi connectivity index (χ3v) is 3.77. The number of anilines is 1. The summed E-state index contributed by atoms with van der Waals surface area (Å²) in [5, 5.41) is 8.13. The summed E-state index contributed by atoms with van der Waals surface area (Å²) >= 11 is 5.74. The summed E-state index contributed by atoms with van der Waals surface area (Å²) in [6.07, 6.45) is 4.54. The van der Waals surface area contributed by atoms with Crippen molar-refractivity contribution in [1.29, 1.82) is 0 Å². The predicted molar refractivity (Wildman–Crippen MR) is 83.4 cm³/mol. The summed E-state index contributed by atoms with van der Waals surface area (Å²) < 4.78 is 13.4. The molecule has 1 aliphatic rings. The molecular weight excluding hydrogens is 309 g/mol. The average molecular weight is 328 g/mol. The minimum atomic E-state index is -0.574. The number of benzene rings is 1. The lowest BCUT2D eigenvalue weighted by atomic mass is 10.2. The number of carbonyl (C=O) groups excluding carboxylic acids is 2. The molecule has 5 nitrogen and oxygen atoms in total. The second-order valence-corrected chi connectivity index (χ2v) is 5.74. The van der Waals surface area contributed by atoms with Crippen molar-refractivity contribution in [2.24, 2.45) is 0 Å². The largest absolute Gasteiger partial charge is 0.353 e. The van der Waals surface area contributed by atoms with Crippen molar-refractivity contribution in [3.8, 4) is 0 Å². The second kappa shape index (κ2) is 7.98. The van der Waals surface area contributed by atoms with Gasteiger partial charge >= 0.3 is 6.03 Å². The van der Waals surface area contributed by atoms with E-state index in [1.54, 1.807) is 0 Å². The molecule has 0 radical (unpaired) electrons. The normalized spacial score (nSPS) is 14.6. The summed E-state index contributed by atoms with van der Waals surface area (Å²) in [5.74, 6) is -0.653. The molecule has 0 aromatic heterocycles. The van der Waals surface area contributed by atoms with Crippen LogP contribution in [0.5, 0.6) is 0 Å². The number of halogens is 2. The van der Waals surface area contributed by atoms with E-state index < -0.39 is 11.8 Å². The number of urea groups is 1. The van der Waals surface area contributed by atoms with Crippen LogP contribution < -0.4 is 16.0 Å². The maximum Gasteiger partial charge on any atom is 0.319 e. The highest BCUT2D eigenvalue weighted by Crippen LogP contribution is 2.19. The first kappa shape index (κ1) is 16.5. The minimum absolute atomic E-state index is 0.000377. The van der Waals surface area contributed by atoms with Crippen molar-refractivity contribution in [2.45, 2.75) is 38.1 Å². The van der Waals surface area contributed by atoms with Crippen LogP contribution >= 0.6 is 11.6 Å². The Kier molecular flexibility index (Phi) is 6.00. The number of hydrogen-bond acceptors (Lipinski definition) is 2. The van der Waals surface area contributed by atoms with Crippen LogP contribution in [0.4, 0.5) is 14.9 Å². The van der Waals surface area contributed by atoms with Gasteiger partial charge in [-0.05, 0) is 31.0 Å². The van der Waals surface area contributed by atoms with Gasteiger partial charge in [-0.15, -0.1) is 0 Å². The van der Waals surface area contributed by atoms with E-state index >= 15 is 0 Å². The predicted octanol–water partition coefficient (Wildman–Crippen LogP) is 3.05. The fourth-order valence-electron chi connectivity index (χ4n) is 2.42. The van der Waals surface area contributed by atoms with Crippen LogP contribution in [-0.4, -0.2) is 24.5 Å². The fraction of sp³-hybridized carbons (Fsp3) is 0.467. The van der Waals surface area contributed by atoms with Crippen molar-refractivity contribution in [3.63, 3.8) is 0 Å². The first-order chi connectivity index (χ1) is 10.5. The molecule has 1 aliphatic carbocycles. The van der Waals surface area contributed by atoms with Crippen molar-refractivity contribution in [3.05, 3.63) is 29.0 Å². The Morgan fingerprint density at radius 1 is 1.27 bits per heavy atom. The topological polar surface area (TPSA) is 70.2 Å². The Hall–Kier alpha value is -1.82. The molecular formula is C15H19ClFN3O2. The van der Waals surface area contributed by atoms with E-state index in [4.69, 9.17) is 11.6 Å². The molecule has 3 amide bonds. The SMILES string of the molecule is O=C(CCNC(=O)Nc1cc(Cl)ccc1F)NC1CCCC1. The molecule has 1 saturated carbocycles. The molecule has 120 valence electrons. The standard InChI is InChI=1S/C15H19ClFN3O2/c16-10-5-6-12(17)13(9-10)20-15(22)18-8-7-14(21)19-11-3-1-2-4-11/h5-6,9,11H,1-4,7-8H2,(H,19,21)(H2,18,20,22). The molecule has 0 atom stereocenters. The highest BCUT2D eigenvalue weighted by atomic mass is 35.5. The third-order valence-electron chi connectivity index (χ3n) is 3.53. The van der Waals surface area contributed by atoms with E-state index in [9.17, 15) is 14.0 Å². The zero-order valence-corrected chi connectivity index (χ0v) is 12.9. The van der Waals surface area contributed by atoms with Crippen molar-refractivity contribution in [2.75, 3.05) is 11.9 Å². The molecule has 3 N–H and O–H groups in total. The van der Waals surface area contributed by atoms with Gasteiger partial charge in [0.1, 0.15) is 5.82 Å². The zero-order valence-electron chi connectivity index (χ0n) is 12.1. The minimum Gasteiger partial charge on any atom is -0.353 e. The smallest absolute Gasteiger partial charge is 0.319 e. The molecule has 0 saturated heterocycles. The number of amides is 3. The fourth-order valence-corrected chi connectivity index (χ4v) is 2.59. The summed E-state index contributed by atoms with van der Waals surface area (Å²) in [4.78, 5) is 23.3. The van der Waals surface area contributed by atoms with Crippen LogP contribution in [0.3, 0.4) is 0 Å². The van der Waals surface area contributed by atoms with Crippen molar-refractivity contribution < 1.29 is 14.0 Å². The molecule has 0 spiro atoms. The van der Waals surface area contributed by atoms with Crippen LogP contribution in [0.2, 0.25) is 5.02 Å². The molecule has 1 aromatic rings. The van der Waals surface area contributed by atoms with E-state index in [1.807, 2.05) is 0 Å². The Labute approximate surface area is 133 Å².